The minimum absolute atomic E-state index is 0.0708. The molecule has 0 aliphatic heterocycles. The number of aromatic hydroxyl groups is 1. The van der Waals surface area contributed by atoms with E-state index >= 15 is 0 Å². The van der Waals surface area contributed by atoms with Crippen LogP contribution in [-0.4, -0.2) is 31.9 Å². The molecular weight excluding hydrogens is 418 g/mol. The van der Waals surface area contributed by atoms with E-state index in [9.17, 15) is 14.7 Å². The number of phenolic OH excluding ortho intramolecular Hbond substituents is 1. The first-order valence-electron chi connectivity index (χ1n) is 11.1. The van der Waals surface area contributed by atoms with Crippen molar-refractivity contribution < 1.29 is 19.4 Å². The quantitative estimate of drug-likeness (QED) is 0.313. The highest BCUT2D eigenvalue weighted by molar-refractivity contribution is 5.94. The highest BCUT2D eigenvalue weighted by Gasteiger charge is 2.19. The van der Waals surface area contributed by atoms with Crippen molar-refractivity contribution in [1.82, 2.24) is 14.8 Å². The number of carbonyl (C=O) groups is 2. The molecule has 2 aromatic heterocycles. The summed E-state index contributed by atoms with van der Waals surface area (Å²) in [6.45, 7) is 6.24. The fraction of sp³-hybridized carbons (Fsp3) is 0.308. The molecule has 0 aliphatic carbocycles. The van der Waals surface area contributed by atoms with E-state index in [0.29, 0.717) is 24.2 Å². The number of benzene rings is 1. The van der Waals surface area contributed by atoms with Crippen molar-refractivity contribution in [3.05, 3.63) is 65.5 Å². The number of aromatic nitrogens is 3. The Kier molecular flexibility index (Phi) is 8.13. The third kappa shape index (κ3) is 5.74. The summed E-state index contributed by atoms with van der Waals surface area (Å²) < 4.78 is 7.75. The standard InChI is InChI=1S/C26H29N3O4/c1-4-5-9-21(31)13-12-19-15-28-29(18(2)3)26(19)25-20(8-7-14-27-25)17-33-24-11-6-10-23(32)22(24)16-30/h6-8,10-16,18,32H,4-5,9,17H2,1-3H3/b13-12+. The van der Waals surface area contributed by atoms with E-state index < -0.39 is 0 Å². The number of carbonyl (C=O) groups excluding carboxylic acids is 2. The number of phenols is 1. The molecule has 0 saturated carbocycles. The number of aldehydes is 1. The Morgan fingerprint density at radius 3 is 2.79 bits per heavy atom. The Labute approximate surface area is 193 Å². The lowest BCUT2D eigenvalue weighted by molar-refractivity contribution is -0.114. The number of ether oxygens (including phenoxy) is 1. The molecular formula is C26H29N3O4. The summed E-state index contributed by atoms with van der Waals surface area (Å²) in [6, 6.07) is 8.46. The summed E-state index contributed by atoms with van der Waals surface area (Å²) in [5.74, 6) is 0.237. The minimum Gasteiger partial charge on any atom is -0.507 e. The number of hydrogen-bond acceptors (Lipinski definition) is 6. The normalized spacial score (nSPS) is 11.3. The summed E-state index contributed by atoms with van der Waals surface area (Å²) in [6.07, 6.45) is 9.74. The van der Waals surface area contributed by atoms with Crippen molar-refractivity contribution in [2.24, 2.45) is 0 Å². The van der Waals surface area contributed by atoms with Crippen LogP contribution in [0.25, 0.3) is 17.5 Å². The van der Waals surface area contributed by atoms with Gasteiger partial charge >= 0.3 is 0 Å². The molecule has 3 aromatic rings. The van der Waals surface area contributed by atoms with Crippen molar-refractivity contribution in [1.29, 1.82) is 0 Å². The van der Waals surface area contributed by atoms with E-state index in [1.807, 2.05) is 30.7 Å². The average Bonchev–Trinajstić information content (AvgIpc) is 3.24. The zero-order valence-corrected chi connectivity index (χ0v) is 19.2. The highest BCUT2D eigenvalue weighted by Crippen LogP contribution is 2.31. The summed E-state index contributed by atoms with van der Waals surface area (Å²) in [5.41, 5.74) is 3.14. The van der Waals surface area contributed by atoms with Crippen molar-refractivity contribution >= 4 is 18.1 Å². The molecule has 0 unspecified atom stereocenters. The van der Waals surface area contributed by atoms with Crippen molar-refractivity contribution in [3.63, 3.8) is 0 Å². The van der Waals surface area contributed by atoms with Crippen LogP contribution < -0.4 is 4.74 Å². The second-order valence-electron chi connectivity index (χ2n) is 8.00. The van der Waals surface area contributed by atoms with Gasteiger partial charge in [-0.05, 0) is 50.6 Å². The van der Waals surface area contributed by atoms with Gasteiger partial charge in [-0.1, -0.05) is 25.5 Å². The smallest absolute Gasteiger partial charge is 0.157 e. The maximum Gasteiger partial charge on any atom is 0.157 e. The molecule has 1 N–H and O–H groups in total. The minimum atomic E-state index is -0.132. The molecule has 0 aliphatic rings. The van der Waals surface area contributed by atoms with Crippen LogP contribution in [-0.2, 0) is 11.4 Å². The van der Waals surface area contributed by atoms with Crippen molar-refractivity contribution in [2.45, 2.75) is 52.7 Å². The summed E-state index contributed by atoms with van der Waals surface area (Å²) in [5, 5.41) is 14.4. The number of unbranched alkanes of at least 4 members (excludes halogenated alkanes) is 1. The van der Waals surface area contributed by atoms with E-state index in [4.69, 9.17) is 4.74 Å². The molecule has 0 radical (unpaired) electrons. The third-order valence-corrected chi connectivity index (χ3v) is 5.20. The number of pyridine rings is 1. The van der Waals surface area contributed by atoms with E-state index in [2.05, 4.69) is 17.0 Å². The van der Waals surface area contributed by atoms with Crippen LogP contribution in [0.3, 0.4) is 0 Å². The van der Waals surface area contributed by atoms with Crippen molar-refractivity contribution in [2.75, 3.05) is 0 Å². The summed E-state index contributed by atoms with van der Waals surface area (Å²) >= 11 is 0. The molecule has 0 bridgehead atoms. The van der Waals surface area contributed by atoms with Crippen LogP contribution in [0.4, 0.5) is 0 Å². The fourth-order valence-corrected chi connectivity index (χ4v) is 3.45. The van der Waals surface area contributed by atoms with Crippen LogP contribution in [0, 0.1) is 0 Å². The molecule has 0 atom stereocenters. The Bertz CT molecular complexity index is 1150. The fourth-order valence-electron chi connectivity index (χ4n) is 3.45. The second-order valence-corrected chi connectivity index (χ2v) is 8.00. The van der Waals surface area contributed by atoms with Gasteiger partial charge in [-0.25, -0.2) is 0 Å². The Hall–Kier alpha value is -3.74. The molecule has 0 fully saturated rings. The predicted octanol–water partition coefficient (Wildman–Crippen LogP) is 5.40. The van der Waals surface area contributed by atoms with Gasteiger partial charge in [0.1, 0.15) is 18.1 Å². The third-order valence-electron chi connectivity index (χ3n) is 5.20. The molecule has 0 saturated heterocycles. The first-order valence-corrected chi connectivity index (χ1v) is 11.1. The Morgan fingerprint density at radius 1 is 1.24 bits per heavy atom. The number of rotatable bonds is 11. The lowest BCUT2D eigenvalue weighted by Crippen LogP contribution is -2.08. The number of hydrogen-bond donors (Lipinski definition) is 1. The summed E-state index contributed by atoms with van der Waals surface area (Å²) in [4.78, 5) is 28.1. The van der Waals surface area contributed by atoms with Gasteiger partial charge in [0, 0.05) is 29.8 Å². The lowest BCUT2D eigenvalue weighted by Gasteiger charge is -2.15. The first kappa shape index (κ1) is 23.9. The van der Waals surface area contributed by atoms with Crippen LogP contribution in [0.1, 0.15) is 67.6 Å². The van der Waals surface area contributed by atoms with Gasteiger partial charge in [-0.3, -0.25) is 19.3 Å². The number of ketones is 1. The second kappa shape index (κ2) is 11.2. The van der Waals surface area contributed by atoms with Gasteiger partial charge < -0.3 is 9.84 Å². The van der Waals surface area contributed by atoms with Crippen LogP contribution in [0.2, 0.25) is 0 Å². The molecule has 0 spiro atoms. The monoisotopic (exact) mass is 447 g/mol. The SMILES string of the molecule is CCCCC(=O)/C=C/c1cnn(C(C)C)c1-c1ncccc1COc1cccc(O)c1C=O. The summed E-state index contributed by atoms with van der Waals surface area (Å²) in [7, 11) is 0. The predicted molar refractivity (Wildman–Crippen MR) is 127 cm³/mol. The van der Waals surface area contributed by atoms with E-state index in [1.54, 1.807) is 36.7 Å². The maximum atomic E-state index is 12.2. The molecule has 0 amide bonds. The molecule has 3 rings (SSSR count). The largest absolute Gasteiger partial charge is 0.507 e. The van der Waals surface area contributed by atoms with Crippen LogP contribution in [0.15, 0.2) is 48.8 Å². The van der Waals surface area contributed by atoms with Gasteiger partial charge in [-0.2, -0.15) is 5.10 Å². The number of nitrogens with zero attached hydrogens (tertiary/aromatic N) is 3. The lowest BCUT2D eigenvalue weighted by atomic mass is 10.1. The van der Waals surface area contributed by atoms with Gasteiger partial charge in [0.25, 0.3) is 0 Å². The average molecular weight is 448 g/mol. The molecule has 172 valence electrons. The van der Waals surface area contributed by atoms with Gasteiger partial charge in [0.15, 0.2) is 12.1 Å². The van der Waals surface area contributed by atoms with Gasteiger partial charge in [0.2, 0.25) is 0 Å². The van der Waals surface area contributed by atoms with Gasteiger partial charge in [0.05, 0.1) is 23.1 Å². The zero-order valence-electron chi connectivity index (χ0n) is 19.2. The van der Waals surface area contributed by atoms with E-state index in [-0.39, 0.29) is 29.7 Å². The first-order chi connectivity index (χ1) is 16.0. The molecule has 33 heavy (non-hydrogen) atoms. The topological polar surface area (TPSA) is 94.3 Å². The maximum absolute atomic E-state index is 12.2. The van der Waals surface area contributed by atoms with Crippen LogP contribution in [0.5, 0.6) is 11.5 Å². The van der Waals surface area contributed by atoms with Crippen LogP contribution >= 0.6 is 0 Å². The Morgan fingerprint density at radius 2 is 2.06 bits per heavy atom. The van der Waals surface area contributed by atoms with E-state index in [0.717, 1.165) is 29.7 Å². The van der Waals surface area contributed by atoms with Gasteiger partial charge in [-0.15, -0.1) is 0 Å². The number of allylic oxidation sites excluding steroid dienone is 1. The molecule has 7 nitrogen and oxygen atoms in total. The highest BCUT2D eigenvalue weighted by atomic mass is 16.5. The molecule has 7 heteroatoms. The molecule has 2 heterocycles. The van der Waals surface area contributed by atoms with E-state index in [1.165, 1.54) is 6.07 Å². The zero-order chi connectivity index (χ0) is 23.8. The molecule has 1 aromatic carbocycles. The Balaban J connectivity index is 1.96. The van der Waals surface area contributed by atoms with Crippen molar-refractivity contribution in [3.8, 4) is 22.9 Å².